The number of carbonyl (C=O) groups excluding carboxylic acids is 2. The first-order chi connectivity index (χ1) is 18.1. The molecule has 0 unspecified atom stereocenters. The molecule has 1 N–H and O–H groups in total. The van der Waals surface area contributed by atoms with E-state index in [1.54, 1.807) is 42.3 Å². The lowest BCUT2D eigenvalue weighted by molar-refractivity contribution is -0.139. The Labute approximate surface area is 225 Å². The zero-order valence-electron chi connectivity index (χ0n) is 23.5. The largest absolute Gasteiger partial charge is 0.507 e. The lowest BCUT2D eigenvalue weighted by Gasteiger charge is -2.26. The Bertz CT molecular complexity index is 1190. The van der Waals surface area contributed by atoms with Crippen LogP contribution in [0.25, 0.3) is 5.76 Å². The van der Waals surface area contributed by atoms with E-state index in [2.05, 4.69) is 13.8 Å². The summed E-state index contributed by atoms with van der Waals surface area (Å²) in [6.45, 7) is 10.1. The van der Waals surface area contributed by atoms with E-state index in [1.165, 1.54) is 0 Å². The van der Waals surface area contributed by atoms with E-state index >= 15 is 0 Å². The topological polar surface area (TPSA) is 88.5 Å². The number of ketones is 1. The Morgan fingerprint density at radius 1 is 1.05 bits per heavy atom. The van der Waals surface area contributed by atoms with Crippen molar-refractivity contribution in [2.75, 3.05) is 47.5 Å². The van der Waals surface area contributed by atoms with Gasteiger partial charge >= 0.3 is 0 Å². The molecular weight excluding hydrogens is 484 g/mol. The van der Waals surface area contributed by atoms with Crippen LogP contribution in [-0.2, 0) is 9.59 Å². The van der Waals surface area contributed by atoms with E-state index in [0.29, 0.717) is 60.5 Å². The summed E-state index contributed by atoms with van der Waals surface area (Å²) in [6.07, 6.45) is 0.672. The van der Waals surface area contributed by atoms with Crippen LogP contribution in [0.15, 0.2) is 42.0 Å². The maximum absolute atomic E-state index is 13.4. The van der Waals surface area contributed by atoms with Gasteiger partial charge in [0.1, 0.15) is 11.5 Å². The summed E-state index contributed by atoms with van der Waals surface area (Å²) in [5.41, 5.74) is 1.99. The first-order valence-corrected chi connectivity index (χ1v) is 13.1. The van der Waals surface area contributed by atoms with Crippen LogP contribution in [0.1, 0.15) is 49.9 Å². The van der Waals surface area contributed by atoms with E-state index in [1.807, 2.05) is 38.9 Å². The smallest absolute Gasteiger partial charge is 0.295 e. The fourth-order valence-corrected chi connectivity index (χ4v) is 4.51. The van der Waals surface area contributed by atoms with Crippen molar-refractivity contribution < 1.29 is 28.9 Å². The van der Waals surface area contributed by atoms with Gasteiger partial charge in [0.15, 0.2) is 11.5 Å². The Hall–Kier alpha value is -3.52. The number of likely N-dealkylation sites (tertiary alicyclic amines) is 1. The number of nitrogens with zero attached hydrogens (tertiary/aromatic N) is 2. The van der Waals surface area contributed by atoms with E-state index < -0.39 is 17.7 Å². The zero-order chi connectivity index (χ0) is 28.0. The number of methoxy groups -OCH3 is 1. The molecule has 0 bridgehead atoms. The van der Waals surface area contributed by atoms with E-state index in [-0.39, 0.29) is 11.3 Å². The zero-order valence-corrected chi connectivity index (χ0v) is 23.5. The summed E-state index contributed by atoms with van der Waals surface area (Å²) in [4.78, 5) is 30.2. The molecule has 38 heavy (non-hydrogen) atoms. The average molecular weight is 525 g/mol. The Morgan fingerprint density at radius 2 is 1.76 bits per heavy atom. The van der Waals surface area contributed by atoms with Crippen molar-refractivity contribution in [3.8, 4) is 17.2 Å². The molecule has 0 aromatic heterocycles. The third-order valence-electron chi connectivity index (χ3n) is 6.37. The number of amides is 1. The molecule has 1 heterocycles. The highest BCUT2D eigenvalue weighted by Gasteiger charge is 2.46. The van der Waals surface area contributed by atoms with Crippen molar-refractivity contribution in [3.05, 3.63) is 58.7 Å². The average Bonchev–Trinajstić information content (AvgIpc) is 3.12. The minimum absolute atomic E-state index is 0.0568. The second-order valence-electron chi connectivity index (χ2n) is 10.2. The Morgan fingerprint density at radius 3 is 2.37 bits per heavy atom. The summed E-state index contributed by atoms with van der Waals surface area (Å²) < 4.78 is 17.1. The van der Waals surface area contributed by atoms with E-state index in [4.69, 9.17) is 14.2 Å². The minimum Gasteiger partial charge on any atom is -0.507 e. The highest BCUT2D eigenvalue weighted by molar-refractivity contribution is 6.46. The van der Waals surface area contributed by atoms with Crippen LogP contribution in [0.4, 0.5) is 0 Å². The van der Waals surface area contributed by atoms with Crippen LogP contribution in [0.5, 0.6) is 17.2 Å². The van der Waals surface area contributed by atoms with Crippen molar-refractivity contribution in [3.63, 3.8) is 0 Å². The predicted molar refractivity (Wildman–Crippen MR) is 148 cm³/mol. The maximum atomic E-state index is 13.4. The van der Waals surface area contributed by atoms with Gasteiger partial charge in [-0.2, -0.15) is 0 Å². The lowest BCUT2D eigenvalue weighted by atomic mass is 9.94. The molecule has 0 aliphatic carbocycles. The molecule has 8 nitrogen and oxygen atoms in total. The van der Waals surface area contributed by atoms with Gasteiger partial charge in [-0.05, 0) is 88.3 Å². The van der Waals surface area contributed by atoms with Crippen LogP contribution in [0.3, 0.4) is 0 Å². The maximum Gasteiger partial charge on any atom is 0.295 e. The first kappa shape index (κ1) is 29.0. The third-order valence-corrected chi connectivity index (χ3v) is 6.37. The quantitative estimate of drug-likeness (QED) is 0.242. The summed E-state index contributed by atoms with van der Waals surface area (Å²) in [5, 5.41) is 11.4. The van der Waals surface area contributed by atoms with Gasteiger partial charge in [-0.3, -0.25) is 9.59 Å². The monoisotopic (exact) mass is 524 g/mol. The lowest BCUT2D eigenvalue weighted by Crippen LogP contribution is -2.32. The van der Waals surface area contributed by atoms with Crippen molar-refractivity contribution in [1.82, 2.24) is 9.80 Å². The van der Waals surface area contributed by atoms with Crippen LogP contribution in [0, 0.1) is 12.8 Å². The van der Waals surface area contributed by atoms with Gasteiger partial charge in [0.05, 0.1) is 31.9 Å². The molecule has 1 aliphatic heterocycles. The van der Waals surface area contributed by atoms with Crippen LogP contribution in [0.2, 0.25) is 0 Å². The molecule has 1 saturated heterocycles. The number of aliphatic hydroxyl groups is 1. The Balaban J connectivity index is 2.10. The van der Waals surface area contributed by atoms with Crippen LogP contribution >= 0.6 is 0 Å². The standard InChI is InChI=1S/C30H40N2O6/c1-8-37-24-13-10-21(17-25(24)36-7)27-26(29(34)30(35)32(27)15-9-14-31(5)6)28(33)22-11-12-23(20(4)16-22)38-18-19(2)3/h10-13,16-17,19,27,33H,8-9,14-15,18H2,1-7H3/t27-/m1/s1. The molecule has 1 atom stereocenters. The first-order valence-electron chi connectivity index (χ1n) is 13.1. The molecular formula is C30H40N2O6. The van der Waals surface area contributed by atoms with E-state index in [0.717, 1.165) is 12.1 Å². The number of Topliss-reactive ketones (excluding diaryl/α,β-unsaturated/α-hetero) is 1. The van der Waals surface area contributed by atoms with Gasteiger partial charge in [0.25, 0.3) is 11.7 Å². The second kappa shape index (κ2) is 12.8. The molecule has 1 aliphatic rings. The molecule has 2 aromatic rings. The van der Waals surface area contributed by atoms with Crippen LogP contribution in [-0.4, -0.2) is 74.1 Å². The van der Waals surface area contributed by atoms with Gasteiger partial charge in [0.2, 0.25) is 0 Å². The number of benzene rings is 2. The molecule has 0 saturated carbocycles. The molecule has 2 aromatic carbocycles. The molecule has 206 valence electrons. The normalized spacial score (nSPS) is 17.0. The van der Waals surface area contributed by atoms with Crippen molar-refractivity contribution in [1.29, 1.82) is 0 Å². The van der Waals surface area contributed by atoms with Gasteiger partial charge in [0, 0.05) is 12.1 Å². The highest BCUT2D eigenvalue weighted by atomic mass is 16.5. The van der Waals surface area contributed by atoms with Gasteiger partial charge < -0.3 is 29.1 Å². The fourth-order valence-electron chi connectivity index (χ4n) is 4.51. The van der Waals surface area contributed by atoms with E-state index in [9.17, 15) is 14.7 Å². The van der Waals surface area contributed by atoms with Crippen molar-refractivity contribution >= 4 is 17.4 Å². The molecule has 1 amide bonds. The minimum atomic E-state index is -0.765. The number of rotatable bonds is 12. The fraction of sp³-hybridized carbons (Fsp3) is 0.467. The van der Waals surface area contributed by atoms with Gasteiger partial charge in [-0.25, -0.2) is 0 Å². The molecule has 0 radical (unpaired) electrons. The number of hydrogen-bond acceptors (Lipinski definition) is 7. The number of aliphatic hydroxyl groups excluding tert-OH is 1. The summed E-state index contributed by atoms with van der Waals surface area (Å²) >= 11 is 0. The third kappa shape index (κ3) is 6.48. The Kier molecular flexibility index (Phi) is 9.80. The van der Waals surface area contributed by atoms with Gasteiger partial charge in [-0.1, -0.05) is 19.9 Å². The highest BCUT2D eigenvalue weighted by Crippen LogP contribution is 2.42. The predicted octanol–water partition coefficient (Wildman–Crippen LogP) is 4.81. The number of aryl methyl sites for hydroxylation is 1. The van der Waals surface area contributed by atoms with Crippen LogP contribution < -0.4 is 14.2 Å². The second-order valence-corrected chi connectivity index (χ2v) is 10.2. The summed E-state index contributed by atoms with van der Waals surface area (Å²) in [6, 6.07) is 9.86. The van der Waals surface area contributed by atoms with Gasteiger partial charge in [-0.15, -0.1) is 0 Å². The molecule has 3 rings (SSSR count). The van der Waals surface area contributed by atoms with Crippen molar-refractivity contribution in [2.24, 2.45) is 5.92 Å². The molecule has 1 fully saturated rings. The number of ether oxygens (including phenoxy) is 3. The number of hydrogen-bond donors (Lipinski definition) is 1. The summed E-state index contributed by atoms with van der Waals surface area (Å²) in [5.74, 6) is 0.598. The molecule has 8 heteroatoms. The summed E-state index contributed by atoms with van der Waals surface area (Å²) in [7, 11) is 5.46. The molecule has 0 spiro atoms. The number of carbonyl (C=O) groups is 2. The SMILES string of the molecule is CCOc1ccc([C@@H]2C(=C(O)c3ccc(OCC(C)C)c(C)c3)C(=O)C(=O)N2CCCN(C)C)cc1OC. The van der Waals surface area contributed by atoms with Crippen molar-refractivity contribution in [2.45, 2.75) is 40.2 Å².